The second-order valence-electron chi connectivity index (χ2n) is 11.8. The summed E-state index contributed by atoms with van der Waals surface area (Å²) in [5, 5.41) is 4.76. The van der Waals surface area contributed by atoms with Crippen LogP contribution in [-0.2, 0) is 6.42 Å². The minimum Gasteiger partial charge on any atom is -0.256 e. The van der Waals surface area contributed by atoms with Gasteiger partial charge in [-0.3, -0.25) is 4.98 Å². The van der Waals surface area contributed by atoms with Gasteiger partial charge in [-0.1, -0.05) is 91.9 Å². The van der Waals surface area contributed by atoms with Crippen LogP contribution >= 0.6 is 0 Å². The Morgan fingerprint density at radius 1 is 0.698 bits per heavy atom. The molecule has 4 heteroatoms. The van der Waals surface area contributed by atoms with E-state index in [9.17, 15) is 0 Å². The molecule has 3 aliphatic rings. The molecule has 208 valence electrons. The fraction of sp³-hybridized carbons (Fsp3) is 0.179. The zero-order valence-corrected chi connectivity index (χ0v) is 24.3. The number of aryl methyl sites for hydroxylation is 1. The predicted octanol–water partition coefficient (Wildman–Crippen LogP) is 7.49. The maximum atomic E-state index is 5.09. The standard InChI is InChI=1S/C39H32N4/c1-25-12-13-29-11-6-22-40-36(29)35(25)28-16-18-30(19-17-28)37-41-38(33-20-14-26-7-2-4-9-31(26)23-33)43-39(42-37)34-21-15-27-8-3-5-10-32(27)24-34/h2-4,6-9,11,13-16,18,20-25H,5,10,12,17,19H2,1H3/t25-/m0/s1. The molecule has 4 nitrogen and oxygen atoms in total. The molecule has 43 heavy (non-hydrogen) atoms. The summed E-state index contributed by atoms with van der Waals surface area (Å²) in [4.78, 5) is 20.0. The number of pyridine rings is 1. The van der Waals surface area contributed by atoms with Gasteiger partial charge >= 0.3 is 0 Å². The van der Waals surface area contributed by atoms with E-state index in [0.717, 1.165) is 65.8 Å². The summed E-state index contributed by atoms with van der Waals surface area (Å²) in [5.41, 5.74) is 8.58. The van der Waals surface area contributed by atoms with Gasteiger partial charge in [0.05, 0.1) is 5.35 Å². The Balaban J connectivity index is 1.25. The monoisotopic (exact) mass is 556 g/mol. The lowest BCUT2D eigenvalue weighted by atomic mass is 9.82. The van der Waals surface area contributed by atoms with E-state index in [-0.39, 0.29) is 0 Å². The summed E-state index contributed by atoms with van der Waals surface area (Å²) in [6.07, 6.45) is 18.2. The highest BCUT2D eigenvalue weighted by atomic mass is 15.0. The first-order chi connectivity index (χ1) is 21.2. The van der Waals surface area contributed by atoms with Crippen molar-refractivity contribution in [3.05, 3.63) is 130 Å². The van der Waals surface area contributed by atoms with Gasteiger partial charge < -0.3 is 0 Å². The van der Waals surface area contributed by atoms with E-state index in [1.54, 1.807) is 0 Å². The van der Waals surface area contributed by atoms with Crippen molar-refractivity contribution < 1.29 is 0 Å². The molecule has 0 bridgehead atoms. The van der Waals surface area contributed by atoms with Crippen LogP contribution in [0, 0.1) is 5.92 Å². The molecule has 3 aliphatic carbocycles. The van der Waals surface area contributed by atoms with Gasteiger partial charge in [-0.05, 0) is 100 Å². The van der Waals surface area contributed by atoms with Gasteiger partial charge in [0, 0.05) is 17.3 Å². The van der Waals surface area contributed by atoms with Crippen LogP contribution < -0.4 is 10.6 Å². The summed E-state index contributed by atoms with van der Waals surface area (Å²) in [7, 11) is 0. The van der Waals surface area contributed by atoms with Crippen LogP contribution in [0.1, 0.15) is 49.6 Å². The predicted molar refractivity (Wildman–Crippen MR) is 176 cm³/mol. The van der Waals surface area contributed by atoms with Crippen LogP contribution in [0.25, 0.3) is 56.8 Å². The number of fused-ring (bicyclic) bond motifs is 3. The molecule has 0 aliphatic heterocycles. The highest BCUT2D eigenvalue weighted by Crippen LogP contribution is 2.35. The molecule has 0 unspecified atom stereocenters. The van der Waals surface area contributed by atoms with Crippen molar-refractivity contribution in [1.29, 1.82) is 0 Å². The van der Waals surface area contributed by atoms with Gasteiger partial charge in [0.2, 0.25) is 0 Å². The third kappa shape index (κ3) is 4.83. The number of allylic oxidation sites excluding steroid dienone is 5. The Morgan fingerprint density at radius 3 is 2.33 bits per heavy atom. The molecular formula is C39H32N4. The largest absolute Gasteiger partial charge is 0.256 e. The van der Waals surface area contributed by atoms with E-state index >= 15 is 0 Å². The summed E-state index contributed by atoms with van der Waals surface area (Å²) < 4.78 is 0. The van der Waals surface area contributed by atoms with E-state index in [4.69, 9.17) is 19.9 Å². The molecule has 0 radical (unpaired) electrons. The van der Waals surface area contributed by atoms with E-state index in [1.807, 2.05) is 12.3 Å². The SMILES string of the molecule is C[C@H]1CC=c2cccnc2=C1C1=CC=C(c2nc(-c3ccc4c(c3)CCC=C4)nc(-c3ccc4ccccc4c3)n2)CC1. The second kappa shape index (κ2) is 10.7. The van der Waals surface area contributed by atoms with Crippen LogP contribution in [-0.4, -0.2) is 19.9 Å². The van der Waals surface area contributed by atoms with Crippen molar-refractivity contribution in [2.75, 3.05) is 0 Å². The zero-order chi connectivity index (χ0) is 28.8. The molecule has 8 rings (SSSR count). The van der Waals surface area contributed by atoms with Crippen molar-refractivity contribution in [3.8, 4) is 22.8 Å². The second-order valence-corrected chi connectivity index (χ2v) is 11.8. The number of hydrogen-bond donors (Lipinski definition) is 0. The number of aromatic nitrogens is 4. The van der Waals surface area contributed by atoms with Crippen LogP contribution in [0.15, 0.2) is 103 Å². The highest BCUT2D eigenvalue weighted by Gasteiger charge is 2.22. The average molecular weight is 557 g/mol. The molecule has 0 spiro atoms. The average Bonchev–Trinajstić information content (AvgIpc) is 3.07. The third-order valence-corrected chi connectivity index (χ3v) is 8.98. The van der Waals surface area contributed by atoms with E-state index < -0.39 is 0 Å². The van der Waals surface area contributed by atoms with Gasteiger partial charge in [-0.15, -0.1) is 0 Å². The Kier molecular flexibility index (Phi) is 6.40. The van der Waals surface area contributed by atoms with Gasteiger partial charge in [-0.2, -0.15) is 0 Å². The van der Waals surface area contributed by atoms with Gasteiger partial charge in [0.15, 0.2) is 17.5 Å². The first kappa shape index (κ1) is 25.7. The molecule has 0 N–H and O–H groups in total. The van der Waals surface area contributed by atoms with Crippen LogP contribution in [0.2, 0.25) is 0 Å². The topological polar surface area (TPSA) is 51.6 Å². The van der Waals surface area contributed by atoms with Crippen molar-refractivity contribution in [3.63, 3.8) is 0 Å². The fourth-order valence-electron chi connectivity index (χ4n) is 6.66. The molecule has 0 saturated carbocycles. The molecule has 0 amide bonds. The van der Waals surface area contributed by atoms with Crippen molar-refractivity contribution in [2.45, 2.75) is 39.0 Å². The van der Waals surface area contributed by atoms with Gasteiger partial charge in [0.25, 0.3) is 0 Å². The Hall–Kier alpha value is -4.96. The first-order valence-electron chi connectivity index (χ1n) is 15.3. The van der Waals surface area contributed by atoms with Crippen LogP contribution in [0.5, 0.6) is 0 Å². The van der Waals surface area contributed by atoms with Gasteiger partial charge in [0.1, 0.15) is 0 Å². The molecule has 0 saturated heterocycles. The number of nitrogens with zero attached hydrogens (tertiary/aromatic N) is 4. The molecule has 0 fully saturated rings. The Bertz CT molecular complexity index is 2130. The Labute approximate surface area is 251 Å². The minimum absolute atomic E-state index is 0.450. The summed E-state index contributed by atoms with van der Waals surface area (Å²) in [5.74, 6) is 2.65. The van der Waals surface area contributed by atoms with Crippen molar-refractivity contribution >= 4 is 34.1 Å². The van der Waals surface area contributed by atoms with Crippen LogP contribution in [0.3, 0.4) is 0 Å². The maximum Gasteiger partial charge on any atom is 0.164 e. The smallest absolute Gasteiger partial charge is 0.164 e. The van der Waals surface area contributed by atoms with Gasteiger partial charge in [-0.25, -0.2) is 15.0 Å². The molecular weight excluding hydrogens is 524 g/mol. The lowest BCUT2D eigenvalue weighted by molar-refractivity contribution is 0.754. The number of hydrogen-bond acceptors (Lipinski definition) is 4. The lowest BCUT2D eigenvalue weighted by Crippen LogP contribution is -2.35. The summed E-state index contributed by atoms with van der Waals surface area (Å²) in [6, 6.07) is 25.7. The molecule has 2 heterocycles. The van der Waals surface area contributed by atoms with Crippen molar-refractivity contribution in [1.82, 2.24) is 19.9 Å². The molecule has 3 aromatic carbocycles. The summed E-state index contributed by atoms with van der Waals surface area (Å²) in [6.45, 7) is 2.31. The molecule has 5 aromatic rings. The van der Waals surface area contributed by atoms with Crippen LogP contribution in [0.4, 0.5) is 0 Å². The maximum absolute atomic E-state index is 5.09. The lowest BCUT2D eigenvalue weighted by Gasteiger charge is -2.23. The van der Waals surface area contributed by atoms with E-state index in [0.29, 0.717) is 11.7 Å². The summed E-state index contributed by atoms with van der Waals surface area (Å²) >= 11 is 0. The normalized spacial score (nSPS) is 17.5. The molecule has 2 aromatic heterocycles. The van der Waals surface area contributed by atoms with E-state index in [1.165, 1.54) is 38.3 Å². The number of rotatable bonds is 4. The minimum atomic E-state index is 0.450. The zero-order valence-electron chi connectivity index (χ0n) is 24.3. The first-order valence-corrected chi connectivity index (χ1v) is 15.3. The molecule has 1 atom stereocenters. The quantitative estimate of drug-likeness (QED) is 0.230. The Morgan fingerprint density at radius 2 is 1.47 bits per heavy atom. The van der Waals surface area contributed by atoms with Crippen molar-refractivity contribution in [2.24, 2.45) is 5.92 Å². The fourth-order valence-corrected chi connectivity index (χ4v) is 6.66. The number of benzene rings is 3. The highest BCUT2D eigenvalue weighted by molar-refractivity contribution is 5.86. The van der Waals surface area contributed by atoms with E-state index in [2.05, 4.69) is 104 Å². The third-order valence-electron chi connectivity index (χ3n) is 8.98.